The van der Waals surface area contributed by atoms with Crippen LogP contribution in [-0.2, 0) is 7.05 Å². The fraction of sp³-hybridized carbons (Fsp3) is 0.700. The largest absolute Gasteiger partial charge is 0.355 e. The third-order valence-corrected chi connectivity index (χ3v) is 2.77. The number of aryl methyl sites for hydroxylation is 2. The van der Waals surface area contributed by atoms with Crippen LogP contribution >= 0.6 is 0 Å². The Morgan fingerprint density at radius 3 is 2.85 bits per heavy atom. The van der Waals surface area contributed by atoms with E-state index in [1.54, 1.807) is 0 Å². The highest BCUT2D eigenvalue weighted by molar-refractivity contribution is 5.28. The van der Waals surface area contributed by atoms with Crippen molar-refractivity contribution in [2.45, 2.75) is 26.2 Å². The molecule has 1 saturated carbocycles. The Hall–Kier alpha value is -0.990. The molecule has 0 saturated heterocycles. The van der Waals surface area contributed by atoms with E-state index in [-0.39, 0.29) is 0 Å². The SMILES string of the molecule is Cc1cn(C)c(NCC2CCC2)n1. The number of aromatic nitrogens is 2. The summed E-state index contributed by atoms with van der Waals surface area (Å²) in [7, 11) is 2.03. The Labute approximate surface area is 79.2 Å². The van der Waals surface area contributed by atoms with Gasteiger partial charge in [-0.05, 0) is 25.7 Å². The van der Waals surface area contributed by atoms with Crippen LogP contribution in [0.4, 0.5) is 5.95 Å². The lowest BCUT2D eigenvalue weighted by atomic mass is 9.85. The van der Waals surface area contributed by atoms with Crippen molar-refractivity contribution >= 4 is 5.95 Å². The van der Waals surface area contributed by atoms with E-state index in [1.807, 2.05) is 24.7 Å². The highest BCUT2D eigenvalue weighted by Gasteiger charge is 2.17. The molecule has 13 heavy (non-hydrogen) atoms. The van der Waals surface area contributed by atoms with Crippen molar-refractivity contribution in [3.63, 3.8) is 0 Å². The van der Waals surface area contributed by atoms with E-state index in [2.05, 4.69) is 10.3 Å². The Morgan fingerprint density at radius 1 is 1.62 bits per heavy atom. The molecule has 0 aromatic carbocycles. The molecule has 1 aromatic rings. The van der Waals surface area contributed by atoms with Crippen LogP contribution in [0.15, 0.2) is 6.20 Å². The van der Waals surface area contributed by atoms with Gasteiger partial charge in [0.25, 0.3) is 0 Å². The van der Waals surface area contributed by atoms with Gasteiger partial charge in [-0.15, -0.1) is 0 Å². The maximum absolute atomic E-state index is 4.39. The molecule has 0 aliphatic heterocycles. The van der Waals surface area contributed by atoms with Crippen LogP contribution in [0.2, 0.25) is 0 Å². The summed E-state index contributed by atoms with van der Waals surface area (Å²) in [5.41, 5.74) is 1.08. The van der Waals surface area contributed by atoms with Gasteiger partial charge in [0, 0.05) is 19.8 Å². The first-order chi connectivity index (χ1) is 6.25. The fourth-order valence-electron chi connectivity index (χ4n) is 1.71. The number of nitrogens with zero attached hydrogens (tertiary/aromatic N) is 2. The molecular weight excluding hydrogens is 162 g/mol. The van der Waals surface area contributed by atoms with Gasteiger partial charge in [-0.1, -0.05) is 6.42 Å². The molecular formula is C10H17N3. The highest BCUT2D eigenvalue weighted by atomic mass is 15.2. The summed E-state index contributed by atoms with van der Waals surface area (Å²) in [6.45, 7) is 3.11. The molecule has 0 unspecified atom stereocenters. The summed E-state index contributed by atoms with van der Waals surface area (Å²) in [6.07, 6.45) is 6.22. The molecule has 0 atom stereocenters. The normalized spacial score (nSPS) is 17.1. The Kier molecular flexibility index (Phi) is 2.25. The van der Waals surface area contributed by atoms with Gasteiger partial charge < -0.3 is 9.88 Å². The number of hydrogen-bond donors (Lipinski definition) is 1. The van der Waals surface area contributed by atoms with Crippen LogP contribution in [0, 0.1) is 12.8 Å². The van der Waals surface area contributed by atoms with Crippen LogP contribution in [-0.4, -0.2) is 16.1 Å². The van der Waals surface area contributed by atoms with Crippen LogP contribution in [0.5, 0.6) is 0 Å². The quantitative estimate of drug-likeness (QED) is 0.768. The van der Waals surface area contributed by atoms with E-state index in [1.165, 1.54) is 19.3 Å². The molecule has 1 aliphatic rings. The van der Waals surface area contributed by atoms with Gasteiger partial charge in [0.05, 0.1) is 5.69 Å². The second kappa shape index (κ2) is 3.40. The van der Waals surface area contributed by atoms with Gasteiger partial charge in [-0.25, -0.2) is 4.98 Å². The summed E-state index contributed by atoms with van der Waals surface area (Å²) in [6, 6.07) is 0. The monoisotopic (exact) mass is 179 g/mol. The molecule has 0 spiro atoms. The zero-order chi connectivity index (χ0) is 9.26. The Bertz CT molecular complexity index is 286. The number of anilines is 1. The molecule has 3 nitrogen and oxygen atoms in total. The second-order valence-electron chi connectivity index (χ2n) is 3.99. The zero-order valence-corrected chi connectivity index (χ0v) is 8.38. The van der Waals surface area contributed by atoms with Gasteiger partial charge >= 0.3 is 0 Å². The second-order valence-corrected chi connectivity index (χ2v) is 3.99. The van der Waals surface area contributed by atoms with Gasteiger partial charge in [0.15, 0.2) is 0 Å². The molecule has 1 aromatic heterocycles. The lowest BCUT2D eigenvalue weighted by Gasteiger charge is -2.25. The third-order valence-electron chi connectivity index (χ3n) is 2.77. The first kappa shape index (κ1) is 8.60. The molecule has 1 fully saturated rings. The number of imidazole rings is 1. The average molecular weight is 179 g/mol. The van der Waals surface area contributed by atoms with Gasteiger partial charge in [-0.2, -0.15) is 0 Å². The topological polar surface area (TPSA) is 29.9 Å². The molecule has 2 rings (SSSR count). The van der Waals surface area contributed by atoms with Crippen LogP contribution in [0.25, 0.3) is 0 Å². The minimum absolute atomic E-state index is 0.886. The molecule has 0 amide bonds. The predicted octanol–water partition coefficient (Wildman–Crippen LogP) is 1.94. The summed E-state index contributed by atoms with van der Waals surface area (Å²) < 4.78 is 2.05. The summed E-state index contributed by atoms with van der Waals surface area (Å²) in [5.74, 6) is 1.89. The standard InChI is InChI=1S/C10H17N3/c1-8-7-13(2)10(12-8)11-6-9-4-3-5-9/h7,9H,3-6H2,1-2H3,(H,11,12). The first-order valence-electron chi connectivity index (χ1n) is 4.99. The van der Waals surface area contributed by atoms with Gasteiger partial charge in [-0.3, -0.25) is 0 Å². The van der Waals surface area contributed by atoms with Gasteiger partial charge in [0.2, 0.25) is 5.95 Å². The average Bonchev–Trinajstić information content (AvgIpc) is 2.27. The first-order valence-corrected chi connectivity index (χ1v) is 4.99. The molecule has 1 N–H and O–H groups in total. The van der Waals surface area contributed by atoms with E-state index in [0.29, 0.717) is 0 Å². The number of hydrogen-bond acceptors (Lipinski definition) is 2. The smallest absolute Gasteiger partial charge is 0.202 e. The molecule has 0 radical (unpaired) electrons. The van der Waals surface area contributed by atoms with Crippen LogP contribution in [0.3, 0.4) is 0 Å². The minimum atomic E-state index is 0.886. The highest BCUT2D eigenvalue weighted by Crippen LogP contribution is 2.26. The number of nitrogens with one attached hydrogen (secondary N) is 1. The minimum Gasteiger partial charge on any atom is -0.355 e. The summed E-state index contributed by atoms with van der Waals surface area (Å²) in [4.78, 5) is 4.39. The van der Waals surface area contributed by atoms with E-state index in [4.69, 9.17) is 0 Å². The Morgan fingerprint density at radius 2 is 2.38 bits per heavy atom. The van der Waals surface area contributed by atoms with E-state index in [0.717, 1.165) is 24.1 Å². The maximum atomic E-state index is 4.39. The van der Waals surface area contributed by atoms with Crippen LogP contribution in [0.1, 0.15) is 25.0 Å². The van der Waals surface area contributed by atoms with Gasteiger partial charge in [0.1, 0.15) is 0 Å². The fourth-order valence-corrected chi connectivity index (χ4v) is 1.71. The maximum Gasteiger partial charge on any atom is 0.202 e. The summed E-state index contributed by atoms with van der Waals surface area (Å²) >= 11 is 0. The number of rotatable bonds is 3. The van der Waals surface area contributed by atoms with Crippen molar-refractivity contribution < 1.29 is 0 Å². The van der Waals surface area contributed by atoms with Crippen molar-refractivity contribution in [3.05, 3.63) is 11.9 Å². The zero-order valence-electron chi connectivity index (χ0n) is 8.38. The Balaban J connectivity index is 1.89. The molecule has 1 heterocycles. The predicted molar refractivity (Wildman–Crippen MR) is 53.8 cm³/mol. The summed E-state index contributed by atoms with van der Waals surface area (Å²) in [5, 5.41) is 3.39. The van der Waals surface area contributed by atoms with Crippen molar-refractivity contribution in [1.29, 1.82) is 0 Å². The van der Waals surface area contributed by atoms with E-state index >= 15 is 0 Å². The molecule has 3 heteroatoms. The van der Waals surface area contributed by atoms with Crippen molar-refractivity contribution in [1.82, 2.24) is 9.55 Å². The molecule has 0 bridgehead atoms. The van der Waals surface area contributed by atoms with E-state index < -0.39 is 0 Å². The van der Waals surface area contributed by atoms with Crippen molar-refractivity contribution in [3.8, 4) is 0 Å². The van der Waals surface area contributed by atoms with Crippen molar-refractivity contribution in [2.24, 2.45) is 13.0 Å². The van der Waals surface area contributed by atoms with Crippen LogP contribution < -0.4 is 5.32 Å². The molecule has 1 aliphatic carbocycles. The molecule has 72 valence electrons. The van der Waals surface area contributed by atoms with E-state index in [9.17, 15) is 0 Å². The third kappa shape index (κ3) is 1.85. The van der Waals surface area contributed by atoms with Crippen molar-refractivity contribution in [2.75, 3.05) is 11.9 Å². The lowest BCUT2D eigenvalue weighted by Crippen LogP contribution is -2.22. The lowest BCUT2D eigenvalue weighted by molar-refractivity contribution is 0.332.